The first-order chi connectivity index (χ1) is 22.1. The van der Waals surface area contributed by atoms with Crippen molar-refractivity contribution in [3.05, 3.63) is 89.8 Å². The van der Waals surface area contributed by atoms with Crippen molar-refractivity contribution in [2.75, 3.05) is 13.1 Å². The van der Waals surface area contributed by atoms with E-state index in [2.05, 4.69) is 108 Å². The molecule has 3 nitrogen and oxygen atoms in total. The summed E-state index contributed by atoms with van der Waals surface area (Å²) in [6.07, 6.45) is 10.2. The monoisotopic (exact) mass is 653 g/mol. The standard InChI is InChI=1S/C38H48BN2OP2S/c1-3-28-16-14-26-40(28)44(39,41-27-15-17-29(41)4-2)34-24-13-23-32(34)36(42)38-37(33-22-11-12-25-35(33)45-38)43(30-18-7-5-8-19-30)31-20-9-6-10-21-31/h5-12,18-22,25,28-29,32,34,36,42H,3-4,13-17,23-24,26-27H2,1-2H3/q+1/t28-,29-,32?,34?,36+/m1/s1. The average Bonchev–Trinajstić information content (AvgIpc) is 3.91. The molecule has 3 aromatic carbocycles. The van der Waals surface area contributed by atoms with Crippen molar-refractivity contribution in [3.8, 4) is 0 Å². The average molecular weight is 654 g/mol. The zero-order valence-corrected chi connectivity index (χ0v) is 29.6. The summed E-state index contributed by atoms with van der Waals surface area (Å²) in [4.78, 5) is 1.18. The molecule has 3 aliphatic rings. The molecule has 4 aromatic rings. The molecule has 5 atom stereocenters. The van der Waals surface area contributed by atoms with Gasteiger partial charge in [-0.25, -0.2) is 0 Å². The van der Waals surface area contributed by atoms with Gasteiger partial charge in [-0.3, -0.25) is 0 Å². The normalized spacial score (nSPS) is 25.5. The van der Waals surface area contributed by atoms with Gasteiger partial charge in [-0.1, -0.05) is 92.7 Å². The van der Waals surface area contributed by atoms with Gasteiger partial charge in [0.05, 0.1) is 11.8 Å². The van der Waals surface area contributed by atoms with E-state index in [9.17, 15) is 5.11 Å². The van der Waals surface area contributed by atoms with Crippen LogP contribution in [-0.2, 0) is 0 Å². The minimum absolute atomic E-state index is 0.176. The molecule has 7 rings (SSSR count). The fourth-order valence-corrected chi connectivity index (χ4v) is 18.1. The molecule has 3 fully saturated rings. The second-order valence-electron chi connectivity index (χ2n) is 13.4. The molecule has 2 saturated heterocycles. The minimum atomic E-state index is -2.16. The third-order valence-corrected chi connectivity index (χ3v) is 19.3. The number of nitrogens with zero attached hydrogens (tertiary/aromatic N) is 2. The maximum atomic E-state index is 12.9. The fraction of sp³-hybridized carbons (Fsp3) is 0.474. The summed E-state index contributed by atoms with van der Waals surface area (Å²) < 4.78 is 6.92. The number of benzene rings is 3. The van der Waals surface area contributed by atoms with Crippen molar-refractivity contribution in [3.63, 3.8) is 0 Å². The van der Waals surface area contributed by atoms with Crippen LogP contribution in [0.2, 0.25) is 0 Å². The largest absolute Gasteiger partial charge is 0.409 e. The third kappa shape index (κ3) is 5.79. The van der Waals surface area contributed by atoms with Gasteiger partial charge in [-0.2, -0.15) is 9.34 Å². The highest BCUT2D eigenvalue weighted by atomic mass is 32.1. The van der Waals surface area contributed by atoms with Gasteiger partial charge in [-0.05, 0) is 82.4 Å². The van der Waals surface area contributed by atoms with Crippen molar-refractivity contribution in [2.24, 2.45) is 5.92 Å². The van der Waals surface area contributed by atoms with Crippen LogP contribution in [0.5, 0.6) is 0 Å². The van der Waals surface area contributed by atoms with Gasteiger partial charge >= 0.3 is 7.57 Å². The van der Waals surface area contributed by atoms with Gasteiger partial charge in [0.25, 0.3) is 0 Å². The number of aliphatic hydroxyl groups excluding tert-OH is 1. The SMILES string of the molecule is [B][P+](C1CCCC1[C@H](O)c1sc2ccccc2c1P(c1ccccc1)c1ccccc1)(N1CCC[C@H]1CC)N1CCC[C@H]1CC. The Hall–Kier alpha value is -1.58. The van der Waals surface area contributed by atoms with Crippen molar-refractivity contribution >= 4 is 60.3 Å². The smallest absolute Gasteiger partial charge is 0.387 e. The van der Waals surface area contributed by atoms with Crippen LogP contribution in [0, 0.1) is 5.92 Å². The van der Waals surface area contributed by atoms with Crippen LogP contribution in [0.1, 0.15) is 82.6 Å². The van der Waals surface area contributed by atoms with E-state index in [0.29, 0.717) is 17.7 Å². The van der Waals surface area contributed by atoms with Gasteiger partial charge in [0.2, 0.25) is 0 Å². The van der Waals surface area contributed by atoms with Crippen molar-refractivity contribution in [1.82, 2.24) is 9.34 Å². The maximum Gasteiger partial charge on any atom is 0.409 e. The summed E-state index contributed by atoms with van der Waals surface area (Å²) in [5.41, 5.74) is 0.338. The van der Waals surface area contributed by atoms with Gasteiger partial charge < -0.3 is 5.11 Å². The van der Waals surface area contributed by atoms with Crippen molar-refractivity contribution in [1.29, 1.82) is 0 Å². The van der Waals surface area contributed by atoms with Crippen LogP contribution < -0.4 is 15.9 Å². The summed E-state index contributed by atoms with van der Waals surface area (Å²) in [6.45, 7) is 6.95. The second kappa shape index (κ2) is 13.9. The van der Waals surface area contributed by atoms with Gasteiger partial charge in [0.15, 0.2) is 0 Å². The van der Waals surface area contributed by atoms with E-state index in [1.54, 1.807) is 0 Å². The van der Waals surface area contributed by atoms with Crippen LogP contribution in [0.15, 0.2) is 84.9 Å². The van der Waals surface area contributed by atoms with Crippen LogP contribution in [0.25, 0.3) is 10.1 Å². The summed E-state index contributed by atoms with van der Waals surface area (Å²) in [7, 11) is 5.06. The Kier molecular flexibility index (Phi) is 9.87. The first kappa shape index (κ1) is 32.0. The molecule has 2 unspecified atom stereocenters. The van der Waals surface area contributed by atoms with Gasteiger partial charge in [0.1, 0.15) is 7.44 Å². The van der Waals surface area contributed by atoms with Crippen molar-refractivity contribution in [2.45, 2.75) is 95.5 Å². The highest BCUT2D eigenvalue weighted by Gasteiger charge is 2.61. The van der Waals surface area contributed by atoms with E-state index in [0.717, 1.165) is 32.4 Å². The molecule has 0 spiro atoms. The van der Waals surface area contributed by atoms with E-state index in [-0.39, 0.29) is 5.92 Å². The molecule has 0 bridgehead atoms. The summed E-state index contributed by atoms with van der Waals surface area (Å²) in [5.74, 6) is 0.176. The fourth-order valence-electron chi connectivity index (χ4n) is 8.89. The number of hydrogen-bond acceptors (Lipinski definition) is 4. The van der Waals surface area contributed by atoms with Crippen LogP contribution in [0.3, 0.4) is 0 Å². The van der Waals surface area contributed by atoms with E-state index >= 15 is 0 Å². The molecule has 1 aliphatic carbocycles. The molecular formula is C38H48BN2OP2S+. The summed E-state index contributed by atoms with van der Waals surface area (Å²) >= 11 is 1.83. The molecule has 0 amide bonds. The molecule has 3 heterocycles. The van der Waals surface area contributed by atoms with E-state index in [1.807, 2.05) is 11.3 Å². The molecule has 45 heavy (non-hydrogen) atoms. The zero-order chi connectivity index (χ0) is 31.0. The molecule has 234 valence electrons. The Morgan fingerprint density at radius 2 is 1.33 bits per heavy atom. The minimum Gasteiger partial charge on any atom is -0.387 e. The molecule has 1 saturated carbocycles. The van der Waals surface area contributed by atoms with E-state index < -0.39 is 21.5 Å². The molecule has 7 heteroatoms. The summed E-state index contributed by atoms with van der Waals surface area (Å²) in [6, 6.07) is 32.0. The van der Waals surface area contributed by atoms with Gasteiger partial charge in [-0.15, -0.1) is 11.3 Å². The third-order valence-electron chi connectivity index (χ3n) is 11.0. The lowest BCUT2D eigenvalue weighted by Crippen LogP contribution is -2.47. The lowest BCUT2D eigenvalue weighted by molar-refractivity contribution is 0.115. The molecule has 1 aromatic heterocycles. The first-order valence-corrected chi connectivity index (χ1v) is 21.4. The number of aliphatic hydroxyl groups is 1. The highest BCUT2D eigenvalue weighted by molar-refractivity contribution is 7.94. The van der Waals surface area contributed by atoms with Crippen LogP contribution in [0.4, 0.5) is 0 Å². The predicted molar refractivity (Wildman–Crippen MR) is 199 cm³/mol. The van der Waals surface area contributed by atoms with Crippen molar-refractivity contribution < 1.29 is 5.11 Å². The molecule has 1 N–H and O–H groups in total. The highest BCUT2D eigenvalue weighted by Crippen LogP contribution is 2.74. The zero-order valence-electron chi connectivity index (χ0n) is 27.0. The lowest BCUT2D eigenvalue weighted by atomic mass is 9.99. The topological polar surface area (TPSA) is 26.7 Å². The Bertz CT molecular complexity index is 1510. The Labute approximate surface area is 278 Å². The van der Waals surface area contributed by atoms with E-state index in [4.69, 9.17) is 7.57 Å². The van der Waals surface area contributed by atoms with Crippen LogP contribution >= 0.6 is 26.7 Å². The molecule has 2 radical (unpaired) electrons. The number of thiophene rings is 1. The molecule has 2 aliphatic heterocycles. The quantitative estimate of drug-likeness (QED) is 0.137. The molecular weight excluding hydrogens is 605 g/mol. The lowest BCUT2D eigenvalue weighted by Gasteiger charge is -2.48. The number of rotatable bonds is 10. The van der Waals surface area contributed by atoms with Gasteiger partial charge in [0, 0.05) is 51.4 Å². The van der Waals surface area contributed by atoms with E-state index in [1.165, 1.54) is 69.4 Å². The summed E-state index contributed by atoms with van der Waals surface area (Å²) in [5, 5.41) is 18.2. The maximum absolute atomic E-state index is 12.9. The Balaban J connectivity index is 1.35. The Morgan fingerprint density at radius 3 is 1.91 bits per heavy atom. The number of hydrogen-bond donors (Lipinski definition) is 1. The predicted octanol–water partition coefficient (Wildman–Crippen LogP) is 8.54. The Morgan fingerprint density at radius 1 is 0.778 bits per heavy atom. The second-order valence-corrected chi connectivity index (χ2v) is 19.7. The number of fused-ring (bicyclic) bond motifs is 1. The van der Waals surface area contributed by atoms with Crippen LogP contribution in [-0.4, -0.2) is 52.8 Å². The first-order valence-electron chi connectivity index (χ1n) is 17.4.